The number of hydrogen-bond acceptors (Lipinski definition) is 2. The quantitative estimate of drug-likeness (QED) is 0.625. The van der Waals surface area contributed by atoms with Gasteiger partial charge in [-0.25, -0.2) is 0 Å². The minimum atomic E-state index is -0.128. The summed E-state index contributed by atoms with van der Waals surface area (Å²) in [5, 5.41) is 5.80. The van der Waals surface area contributed by atoms with Crippen LogP contribution in [-0.4, -0.2) is 11.8 Å². The van der Waals surface area contributed by atoms with Crippen LogP contribution in [0.5, 0.6) is 0 Å². The average Bonchev–Trinajstić information content (AvgIpc) is 3.33. The highest BCUT2D eigenvalue weighted by Crippen LogP contribution is 2.30. The predicted octanol–water partition coefficient (Wildman–Crippen LogP) is 3.34. The molecule has 22 heavy (non-hydrogen) atoms. The zero-order valence-electron chi connectivity index (χ0n) is 13.0. The summed E-state index contributed by atoms with van der Waals surface area (Å²) in [7, 11) is 0. The standard InChI is InChI=1S/C18H22N2O2/c1-3-4-5-6-17(21)19-13(2)14-9-11-16(12-10-14)20-18(22)15-7-8-15/h3-6,9-13,15H,7-8H2,1-2H3,(H,19,21)(H,20,22)/b4-3+,6-5+/t13-/m1/s1. The molecule has 0 bridgehead atoms. The first kappa shape index (κ1) is 16.0. The molecule has 1 aliphatic carbocycles. The van der Waals surface area contributed by atoms with Crippen molar-refractivity contribution in [1.82, 2.24) is 5.32 Å². The lowest BCUT2D eigenvalue weighted by Crippen LogP contribution is -2.24. The maximum atomic E-state index is 11.7. The van der Waals surface area contributed by atoms with Crippen molar-refractivity contribution in [2.75, 3.05) is 5.32 Å². The van der Waals surface area contributed by atoms with Crippen LogP contribution in [0.1, 0.15) is 38.3 Å². The van der Waals surface area contributed by atoms with Crippen molar-refractivity contribution in [2.45, 2.75) is 32.7 Å². The molecule has 4 heteroatoms. The van der Waals surface area contributed by atoms with Gasteiger partial charge in [0.1, 0.15) is 0 Å². The Morgan fingerprint density at radius 2 is 1.86 bits per heavy atom. The van der Waals surface area contributed by atoms with E-state index in [0.29, 0.717) is 0 Å². The maximum Gasteiger partial charge on any atom is 0.244 e. The maximum absolute atomic E-state index is 11.7. The second kappa shape index (κ2) is 7.59. The first-order chi connectivity index (χ1) is 10.6. The number of carbonyl (C=O) groups excluding carboxylic acids is 2. The van der Waals surface area contributed by atoms with E-state index in [1.807, 2.05) is 50.3 Å². The second-order valence-electron chi connectivity index (χ2n) is 5.50. The van der Waals surface area contributed by atoms with Gasteiger partial charge in [0.05, 0.1) is 6.04 Å². The lowest BCUT2D eigenvalue weighted by atomic mass is 10.1. The van der Waals surface area contributed by atoms with E-state index in [0.717, 1.165) is 24.1 Å². The largest absolute Gasteiger partial charge is 0.346 e. The molecule has 0 aliphatic heterocycles. The minimum Gasteiger partial charge on any atom is -0.346 e. The molecule has 1 aromatic carbocycles. The third kappa shape index (κ3) is 4.88. The van der Waals surface area contributed by atoms with Gasteiger partial charge >= 0.3 is 0 Å². The van der Waals surface area contributed by atoms with Gasteiger partial charge in [0.2, 0.25) is 11.8 Å². The van der Waals surface area contributed by atoms with Crippen LogP contribution >= 0.6 is 0 Å². The van der Waals surface area contributed by atoms with E-state index in [-0.39, 0.29) is 23.8 Å². The van der Waals surface area contributed by atoms with E-state index in [4.69, 9.17) is 0 Å². The summed E-state index contributed by atoms with van der Waals surface area (Å²) in [6.07, 6.45) is 8.87. The molecule has 0 radical (unpaired) electrons. The number of nitrogens with one attached hydrogen (secondary N) is 2. The Bertz CT molecular complexity index is 584. The normalized spacial score (nSPS) is 15.9. The highest BCUT2D eigenvalue weighted by Gasteiger charge is 2.29. The predicted molar refractivity (Wildman–Crippen MR) is 88.3 cm³/mol. The molecule has 0 spiro atoms. The summed E-state index contributed by atoms with van der Waals surface area (Å²) < 4.78 is 0. The zero-order valence-corrected chi connectivity index (χ0v) is 13.0. The van der Waals surface area contributed by atoms with Gasteiger partial charge in [-0.15, -0.1) is 0 Å². The van der Waals surface area contributed by atoms with E-state index >= 15 is 0 Å². The molecule has 0 unspecified atom stereocenters. The Balaban J connectivity index is 1.88. The number of hydrogen-bond donors (Lipinski definition) is 2. The van der Waals surface area contributed by atoms with E-state index in [1.54, 1.807) is 6.08 Å². The third-order valence-corrected chi connectivity index (χ3v) is 3.54. The Hall–Kier alpha value is -2.36. The molecule has 2 amide bonds. The smallest absolute Gasteiger partial charge is 0.244 e. The van der Waals surface area contributed by atoms with Gasteiger partial charge in [0.25, 0.3) is 0 Å². The second-order valence-corrected chi connectivity index (χ2v) is 5.50. The van der Waals surface area contributed by atoms with Crippen LogP contribution in [0.3, 0.4) is 0 Å². The van der Waals surface area contributed by atoms with Crippen LogP contribution < -0.4 is 10.6 Å². The van der Waals surface area contributed by atoms with Gasteiger partial charge in [-0.2, -0.15) is 0 Å². The van der Waals surface area contributed by atoms with Crippen LogP contribution in [0.15, 0.2) is 48.6 Å². The zero-order chi connectivity index (χ0) is 15.9. The van der Waals surface area contributed by atoms with Crippen LogP contribution in [0.4, 0.5) is 5.69 Å². The van der Waals surface area contributed by atoms with Crippen LogP contribution in [0.2, 0.25) is 0 Å². The van der Waals surface area contributed by atoms with E-state index < -0.39 is 0 Å². The fourth-order valence-corrected chi connectivity index (χ4v) is 2.04. The molecule has 2 N–H and O–H groups in total. The summed E-state index contributed by atoms with van der Waals surface area (Å²) >= 11 is 0. The fraction of sp³-hybridized carbons (Fsp3) is 0.333. The highest BCUT2D eigenvalue weighted by atomic mass is 16.2. The van der Waals surface area contributed by atoms with Crippen LogP contribution in [0.25, 0.3) is 0 Å². The van der Waals surface area contributed by atoms with Crippen molar-refractivity contribution in [3.63, 3.8) is 0 Å². The van der Waals surface area contributed by atoms with E-state index in [2.05, 4.69) is 10.6 Å². The SMILES string of the molecule is C/C=C/C=C/C(=O)N[C@H](C)c1ccc(NC(=O)C2CC2)cc1. The molecule has 116 valence electrons. The average molecular weight is 298 g/mol. The van der Waals surface area contributed by atoms with Crippen molar-refractivity contribution >= 4 is 17.5 Å². The molecule has 1 atom stereocenters. The Labute approximate surface area is 131 Å². The number of rotatable bonds is 6. The number of anilines is 1. The van der Waals surface area contributed by atoms with E-state index in [1.165, 1.54) is 6.08 Å². The molecule has 1 aliphatic rings. The number of carbonyl (C=O) groups is 2. The Kier molecular flexibility index (Phi) is 5.53. The van der Waals surface area contributed by atoms with E-state index in [9.17, 15) is 9.59 Å². The van der Waals surface area contributed by atoms with Gasteiger partial charge in [-0.3, -0.25) is 9.59 Å². The molecular formula is C18H22N2O2. The lowest BCUT2D eigenvalue weighted by molar-refractivity contribution is -0.118. The van der Waals surface area contributed by atoms with Crippen molar-refractivity contribution < 1.29 is 9.59 Å². The summed E-state index contributed by atoms with van der Waals surface area (Å²) in [6, 6.07) is 7.49. The molecule has 0 aromatic heterocycles. The Morgan fingerprint density at radius 1 is 1.18 bits per heavy atom. The monoisotopic (exact) mass is 298 g/mol. The first-order valence-electron chi connectivity index (χ1n) is 7.61. The van der Waals surface area contributed by atoms with Crippen molar-refractivity contribution in [3.05, 3.63) is 54.1 Å². The molecule has 0 saturated heterocycles. The van der Waals surface area contributed by atoms with Crippen molar-refractivity contribution in [2.24, 2.45) is 5.92 Å². The molecule has 1 saturated carbocycles. The molecule has 1 fully saturated rings. The molecule has 0 heterocycles. The Morgan fingerprint density at radius 3 is 2.45 bits per heavy atom. The minimum absolute atomic E-state index is 0.0871. The van der Waals surface area contributed by atoms with Crippen LogP contribution in [0, 0.1) is 5.92 Å². The topological polar surface area (TPSA) is 58.2 Å². The van der Waals surface area contributed by atoms with Gasteiger partial charge in [-0.05, 0) is 44.4 Å². The molecule has 1 aromatic rings. The van der Waals surface area contributed by atoms with Crippen molar-refractivity contribution in [3.8, 4) is 0 Å². The fourth-order valence-electron chi connectivity index (χ4n) is 2.04. The number of allylic oxidation sites excluding steroid dienone is 3. The number of amides is 2. The molecular weight excluding hydrogens is 276 g/mol. The summed E-state index contributed by atoms with van der Waals surface area (Å²) in [6.45, 7) is 3.83. The van der Waals surface area contributed by atoms with Crippen LogP contribution in [-0.2, 0) is 9.59 Å². The summed E-state index contributed by atoms with van der Waals surface area (Å²) in [5.74, 6) is 0.168. The summed E-state index contributed by atoms with van der Waals surface area (Å²) in [5.41, 5.74) is 1.80. The third-order valence-electron chi connectivity index (χ3n) is 3.54. The lowest BCUT2D eigenvalue weighted by Gasteiger charge is -2.13. The van der Waals surface area contributed by atoms with Crippen molar-refractivity contribution in [1.29, 1.82) is 0 Å². The molecule has 2 rings (SSSR count). The highest BCUT2D eigenvalue weighted by molar-refractivity contribution is 5.94. The molecule has 4 nitrogen and oxygen atoms in total. The van der Waals surface area contributed by atoms with Gasteiger partial charge < -0.3 is 10.6 Å². The summed E-state index contributed by atoms with van der Waals surface area (Å²) in [4.78, 5) is 23.4. The van der Waals surface area contributed by atoms with Gasteiger partial charge in [0, 0.05) is 17.7 Å². The number of benzene rings is 1. The van der Waals surface area contributed by atoms with Gasteiger partial charge in [0.15, 0.2) is 0 Å². The first-order valence-corrected chi connectivity index (χ1v) is 7.61. The van der Waals surface area contributed by atoms with Gasteiger partial charge in [-0.1, -0.05) is 30.4 Å².